The zero-order chi connectivity index (χ0) is 19.1. The molecular formula is C18H24ClFN6O2. The maximum absolute atomic E-state index is 12.8. The predicted octanol–water partition coefficient (Wildman–Crippen LogP) is 1.31. The first-order valence-electron chi connectivity index (χ1n) is 9.08. The number of aromatic nitrogens is 3. The van der Waals surface area contributed by atoms with Gasteiger partial charge < -0.3 is 16.0 Å². The van der Waals surface area contributed by atoms with Crippen LogP contribution in [0.25, 0.3) is 0 Å². The Morgan fingerprint density at radius 3 is 2.43 bits per heavy atom. The lowest BCUT2D eigenvalue weighted by Gasteiger charge is -2.22. The van der Waals surface area contributed by atoms with Crippen LogP contribution in [0.15, 0.2) is 30.5 Å². The van der Waals surface area contributed by atoms with Gasteiger partial charge >= 0.3 is 0 Å². The number of piperidine rings is 1. The van der Waals surface area contributed by atoms with Crippen molar-refractivity contribution in [3.8, 4) is 0 Å². The van der Waals surface area contributed by atoms with E-state index in [0.29, 0.717) is 30.8 Å². The molecule has 1 aromatic heterocycles. The van der Waals surface area contributed by atoms with Crippen LogP contribution in [0.3, 0.4) is 0 Å². The second-order valence-electron chi connectivity index (χ2n) is 6.44. The average molecular weight is 411 g/mol. The summed E-state index contributed by atoms with van der Waals surface area (Å²) < 4.78 is 14.6. The van der Waals surface area contributed by atoms with Crippen LogP contribution >= 0.6 is 12.4 Å². The number of hydrogen-bond donors (Lipinski definition) is 3. The molecule has 10 heteroatoms. The Morgan fingerprint density at radius 2 is 1.75 bits per heavy atom. The number of amides is 2. The fourth-order valence-corrected chi connectivity index (χ4v) is 2.92. The van der Waals surface area contributed by atoms with Crippen molar-refractivity contribution in [1.29, 1.82) is 0 Å². The molecule has 1 aliphatic rings. The summed E-state index contributed by atoms with van der Waals surface area (Å²) >= 11 is 0. The number of carbonyl (C=O) groups excluding carboxylic acids is 2. The fourth-order valence-electron chi connectivity index (χ4n) is 2.92. The number of rotatable bonds is 7. The first-order chi connectivity index (χ1) is 13.1. The SMILES string of the molecule is Cl.O=C(NCCCNC(=O)c1cn(C2CCNCC2)nn1)c1ccc(F)cc1. The molecule has 28 heavy (non-hydrogen) atoms. The Hall–Kier alpha value is -2.52. The highest BCUT2D eigenvalue weighted by Gasteiger charge is 2.18. The fraction of sp³-hybridized carbons (Fsp3) is 0.444. The van der Waals surface area contributed by atoms with Crippen LogP contribution in [0.1, 0.15) is 46.2 Å². The molecule has 3 N–H and O–H groups in total. The Balaban J connectivity index is 0.00000280. The third-order valence-electron chi connectivity index (χ3n) is 4.46. The van der Waals surface area contributed by atoms with Crippen LogP contribution in [0.2, 0.25) is 0 Å². The minimum absolute atomic E-state index is 0. The molecule has 0 atom stereocenters. The van der Waals surface area contributed by atoms with Crippen molar-refractivity contribution in [2.75, 3.05) is 26.2 Å². The average Bonchev–Trinajstić information content (AvgIpc) is 3.19. The summed E-state index contributed by atoms with van der Waals surface area (Å²) in [6.07, 6.45) is 4.19. The molecule has 8 nitrogen and oxygen atoms in total. The number of carbonyl (C=O) groups is 2. The zero-order valence-electron chi connectivity index (χ0n) is 15.4. The lowest BCUT2D eigenvalue weighted by molar-refractivity contribution is 0.0948. The summed E-state index contributed by atoms with van der Waals surface area (Å²) in [6, 6.07) is 5.62. The molecule has 1 fully saturated rings. The highest BCUT2D eigenvalue weighted by atomic mass is 35.5. The molecule has 2 heterocycles. The summed E-state index contributed by atoms with van der Waals surface area (Å²) in [6.45, 7) is 2.69. The quantitative estimate of drug-likeness (QED) is 0.597. The monoisotopic (exact) mass is 410 g/mol. The maximum Gasteiger partial charge on any atom is 0.273 e. The normalized spacial score (nSPS) is 14.2. The molecule has 0 spiro atoms. The molecule has 1 aromatic carbocycles. The van der Waals surface area contributed by atoms with E-state index >= 15 is 0 Å². The summed E-state index contributed by atoms with van der Waals surface area (Å²) in [7, 11) is 0. The Labute approximate surface area is 168 Å². The van der Waals surface area contributed by atoms with E-state index in [0.717, 1.165) is 25.9 Å². The van der Waals surface area contributed by atoms with Crippen molar-refractivity contribution in [3.63, 3.8) is 0 Å². The van der Waals surface area contributed by atoms with Gasteiger partial charge in [0.05, 0.1) is 12.2 Å². The molecule has 1 aliphatic heterocycles. The minimum atomic E-state index is -0.383. The molecule has 0 unspecified atom stereocenters. The highest BCUT2D eigenvalue weighted by Crippen LogP contribution is 2.16. The lowest BCUT2D eigenvalue weighted by Crippen LogP contribution is -2.30. The number of nitrogens with one attached hydrogen (secondary N) is 3. The topological polar surface area (TPSA) is 101 Å². The van der Waals surface area contributed by atoms with Gasteiger partial charge in [-0.2, -0.15) is 0 Å². The minimum Gasteiger partial charge on any atom is -0.352 e. The standard InChI is InChI=1S/C18H23FN6O2.ClH/c19-14-4-2-13(3-5-14)17(26)21-8-1-9-22-18(27)16-12-25(24-23-16)15-6-10-20-11-7-15;/h2-5,12,15,20H,1,6-11H2,(H,21,26)(H,22,27);1H. The third kappa shape index (κ3) is 6.00. The van der Waals surface area contributed by atoms with Crippen molar-refractivity contribution in [2.24, 2.45) is 0 Å². The van der Waals surface area contributed by atoms with Gasteiger partial charge in [0.2, 0.25) is 0 Å². The molecule has 0 radical (unpaired) electrons. The molecule has 0 bridgehead atoms. The van der Waals surface area contributed by atoms with Crippen LogP contribution in [-0.4, -0.2) is 53.0 Å². The number of halogens is 2. The van der Waals surface area contributed by atoms with Gasteiger partial charge in [-0.1, -0.05) is 5.21 Å². The van der Waals surface area contributed by atoms with E-state index in [2.05, 4.69) is 26.3 Å². The van der Waals surface area contributed by atoms with Crippen molar-refractivity contribution in [3.05, 3.63) is 47.5 Å². The predicted molar refractivity (Wildman–Crippen MR) is 104 cm³/mol. The van der Waals surface area contributed by atoms with E-state index in [1.807, 2.05) is 0 Å². The van der Waals surface area contributed by atoms with Gasteiger partial charge in [-0.3, -0.25) is 9.59 Å². The Bertz CT molecular complexity index is 777. The van der Waals surface area contributed by atoms with Gasteiger partial charge in [-0.25, -0.2) is 9.07 Å². The summed E-state index contributed by atoms with van der Waals surface area (Å²) in [5, 5.41) is 16.8. The van der Waals surface area contributed by atoms with Crippen molar-refractivity contribution in [2.45, 2.75) is 25.3 Å². The van der Waals surface area contributed by atoms with Crippen LogP contribution in [0.4, 0.5) is 4.39 Å². The molecule has 0 saturated carbocycles. The smallest absolute Gasteiger partial charge is 0.273 e. The van der Waals surface area contributed by atoms with Crippen LogP contribution in [0, 0.1) is 5.82 Å². The van der Waals surface area contributed by atoms with Gasteiger partial charge in [0.25, 0.3) is 11.8 Å². The van der Waals surface area contributed by atoms with Crippen molar-refractivity contribution < 1.29 is 14.0 Å². The largest absolute Gasteiger partial charge is 0.352 e. The van der Waals surface area contributed by atoms with E-state index in [9.17, 15) is 14.0 Å². The van der Waals surface area contributed by atoms with Crippen LogP contribution < -0.4 is 16.0 Å². The Kier molecular flexibility index (Phi) is 8.34. The molecule has 2 aromatic rings. The van der Waals surface area contributed by atoms with E-state index in [1.54, 1.807) is 10.9 Å². The van der Waals surface area contributed by atoms with Crippen LogP contribution in [0.5, 0.6) is 0 Å². The van der Waals surface area contributed by atoms with Gasteiger partial charge in [-0.15, -0.1) is 17.5 Å². The third-order valence-corrected chi connectivity index (χ3v) is 4.46. The second-order valence-corrected chi connectivity index (χ2v) is 6.44. The van der Waals surface area contributed by atoms with Crippen molar-refractivity contribution >= 4 is 24.2 Å². The Morgan fingerprint density at radius 1 is 1.11 bits per heavy atom. The summed E-state index contributed by atoms with van der Waals surface area (Å²) in [5.41, 5.74) is 0.693. The molecule has 1 saturated heterocycles. The van der Waals surface area contributed by atoms with E-state index in [4.69, 9.17) is 0 Å². The first kappa shape index (κ1) is 21.8. The molecule has 3 rings (SSSR count). The summed E-state index contributed by atoms with van der Waals surface area (Å²) in [4.78, 5) is 24.0. The van der Waals surface area contributed by atoms with E-state index < -0.39 is 0 Å². The van der Waals surface area contributed by atoms with E-state index in [1.165, 1.54) is 24.3 Å². The van der Waals surface area contributed by atoms with Crippen LogP contribution in [-0.2, 0) is 0 Å². The number of benzene rings is 1. The van der Waals surface area contributed by atoms with Crippen molar-refractivity contribution in [1.82, 2.24) is 30.9 Å². The second kappa shape index (κ2) is 10.7. The molecule has 2 amide bonds. The zero-order valence-corrected chi connectivity index (χ0v) is 16.2. The highest BCUT2D eigenvalue weighted by molar-refractivity contribution is 5.94. The van der Waals surface area contributed by atoms with Gasteiger partial charge in [0.1, 0.15) is 5.82 Å². The molecular weight excluding hydrogens is 387 g/mol. The van der Waals surface area contributed by atoms with Gasteiger partial charge in [0, 0.05) is 18.7 Å². The van der Waals surface area contributed by atoms with E-state index in [-0.39, 0.29) is 36.1 Å². The molecule has 152 valence electrons. The maximum atomic E-state index is 12.8. The lowest BCUT2D eigenvalue weighted by atomic mass is 10.1. The van der Waals surface area contributed by atoms with Gasteiger partial charge in [0.15, 0.2) is 5.69 Å². The molecule has 0 aliphatic carbocycles. The number of nitrogens with zero attached hydrogens (tertiary/aromatic N) is 3. The first-order valence-corrected chi connectivity index (χ1v) is 9.08. The van der Waals surface area contributed by atoms with Gasteiger partial charge in [-0.05, 0) is 56.6 Å². The number of hydrogen-bond acceptors (Lipinski definition) is 5. The summed E-state index contributed by atoms with van der Waals surface area (Å²) in [5.74, 6) is -0.933.